The number of amides is 1. The molecule has 2 nitrogen and oxygen atoms in total. The summed E-state index contributed by atoms with van der Waals surface area (Å²) < 4.78 is 0. The van der Waals surface area contributed by atoms with Crippen LogP contribution in [0.25, 0.3) is 0 Å². The number of hydrogen-bond acceptors (Lipinski definition) is 2. The Morgan fingerprint density at radius 3 is 2.65 bits per heavy atom. The van der Waals surface area contributed by atoms with Gasteiger partial charge >= 0.3 is 0 Å². The van der Waals surface area contributed by atoms with Crippen molar-refractivity contribution < 1.29 is 4.79 Å². The van der Waals surface area contributed by atoms with Crippen molar-refractivity contribution in [2.24, 2.45) is 5.41 Å². The number of carbonyl (C=O) groups excluding carboxylic acids is 1. The molecule has 0 aliphatic heterocycles. The van der Waals surface area contributed by atoms with Crippen LogP contribution < -0.4 is 5.32 Å². The SMILES string of the molecule is CSc1ccccc1C(=O)NCC(C)(C)CBr. The monoisotopic (exact) mass is 315 g/mol. The maximum absolute atomic E-state index is 12.0. The molecule has 94 valence electrons. The van der Waals surface area contributed by atoms with E-state index in [4.69, 9.17) is 0 Å². The van der Waals surface area contributed by atoms with Gasteiger partial charge in [-0.15, -0.1) is 11.8 Å². The van der Waals surface area contributed by atoms with E-state index in [0.717, 1.165) is 15.8 Å². The number of benzene rings is 1. The fourth-order valence-corrected chi connectivity index (χ4v) is 2.09. The highest BCUT2D eigenvalue weighted by Gasteiger charge is 2.18. The lowest BCUT2D eigenvalue weighted by Crippen LogP contribution is -2.35. The Labute approximate surface area is 116 Å². The Bertz CT molecular complexity index is 393. The molecule has 1 rings (SSSR count). The fourth-order valence-electron chi connectivity index (χ4n) is 1.29. The molecule has 0 aromatic heterocycles. The maximum atomic E-state index is 12.0. The second kappa shape index (κ2) is 6.45. The van der Waals surface area contributed by atoms with Crippen molar-refractivity contribution in [3.8, 4) is 0 Å². The van der Waals surface area contributed by atoms with Crippen molar-refractivity contribution in [3.63, 3.8) is 0 Å². The topological polar surface area (TPSA) is 29.1 Å². The summed E-state index contributed by atoms with van der Waals surface area (Å²) in [6.07, 6.45) is 1.98. The normalized spacial score (nSPS) is 11.3. The van der Waals surface area contributed by atoms with E-state index >= 15 is 0 Å². The summed E-state index contributed by atoms with van der Waals surface area (Å²) in [4.78, 5) is 13.1. The summed E-state index contributed by atoms with van der Waals surface area (Å²) in [6.45, 7) is 4.89. The minimum Gasteiger partial charge on any atom is -0.351 e. The molecule has 1 aromatic rings. The van der Waals surface area contributed by atoms with E-state index in [2.05, 4.69) is 35.1 Å². The first-order chi connectivity index (χ1) is 8.00. The molecule has 17 heavy (non-hydrogen) atoms. The van der Waals surface area contributed by atoms with Gasteiger partial charge in [-0.3, -0.25) is 4.79 Å². The van der Waals surface area contributed by atoms with E-state index in [1.165, 1.54) is 0 Å². The Morgan fingerprint density at radius 1 is 1.41 bits per heavy atom. The van der Waals surface area contributed by atoms with Gasteiger partial charge in [0.15, 0.2) is 0 Å². The van der Waals surface area contributed by atoms with Crippen LogP contribution in [0.4, 0.5) is 0 Å². The molecule has 0 saturated carbocycles. The lowest BCUT2D eigenvalue weighted by molar-refractivity contribution is 0.0937. The third kappa shape index (κ3) is 4.36. The van der Waals surface area contributed by atoms with Crippen LogP contribution >= 0.6 is 27.7 Å². The van der Waals surface area contributed by atoms with Gasteiger partial charge in [0.1, 0.15) is 0 Å². The first kappa shape index (κ1) is 14.6. The highest BCUT2D eigenvalue weighted by molar-refractivity contribution is 9.09. The van der Waals surface area contributed by atoms with Crippen LogP contribution in [0.1, 0.15) is 24.2 Å². The Balaban J connectivity index is 2.70. The third-order valence-electron chi connectivity index (χ3n) is 2.44. The van der Waals surface area contributed by atoms with E-state index in [9.17, 15) is 4.79 Å². The summed E-state index contributed by atoms with van der Waals surface area (Å²) in [5.41, 5.74) is 0.828. The van der Waals surface area contributed by atoms with Crippen molar-refractivity contribution in [2.45, 2.75) is 18.7 Å². The zero-order valence-electron chi connectivity index (χ0n) is 10.4. The van der Waals surface area contributed by atoms with Crippen LogP contribution in [0.15, 0.2) is 29.2 Å². The van der Waals surface area contributed by atoms with Gasteiger partial charge in [0.2, 0.25) is 0 Å². The second-order valence-corrected chi connectivity index (χ2v) is 6.09. The largest absolute Gasteiger partial charge is 0.351 e. The number of nitrogens with one attached hydrogen (secondary N) is 1. The quantitative estimate of drug-likeness (QED) is 0.665. The smallest absolute Gasteiger partial charge is 0.252 e. The Hall–Kier alpha value is -0.480. The lowest BCUT2D eigenvalue weighted by atomic mass is 9.97. The van der Waals surface area contributed by atoms with E-state index in [-0.39, 0.29) is 11.3 Å². The Kier molecular flexibility index (Phi) is 5.53. The summed E-state index contributed by atoms with van der Waals surface area (Å²) in [7, 11) is 0. The van der Waals surface area contributed by atoms with Gasteiger partial charge in [0, 0.05) is 16.8 Å². The molecule has 0 heterocycles. The highest BCUT2D eigenvalue weighted by Crippen LogP contribution is 2.21. The van der Waals surface area contributed by atoms with Gasteiger partial charge < -0.3 is 5.32 Å². The van der Waals surface area contributed by atoms with Crippen molar-refractivity contribution in [2.75, 3.05) is 18.1 Å². The van der Waals surface area contributed by atoms with Crippen molar-refractivity contribution in [3.05, 3.63) is 29.8 Å². The van der Waals surface area contributed by atoms with E-state index in [1.54, 1.807) is 11.8 Å². The molecule has 1 amide bonds. The van der Waals surface area contributed by atoms with Gasteiger partial charge in [0.25, 0.3) is 5.91 Å². The standard InChI is InChI=1S/C13H18BrNOS/c1-13(2,8-14)9-15-12(16)10-6-4-5-7-11(10)17-3/h4-7H,8-9H2,1-3H3,(H,15,16). The second-order valence-electron chi connectivity index (χ2n) is 4.68. The predicted octanol–water partition coefficient (Wildman–Crippen LogP) is 3.56. The van der Waals surface area contributed by atoms with Gasteiger partial charge in [-0.05, 0) is 23.8 Å². The number of carbonyl (C=O) groups is 1. The predicted molar refractivity (Wildman–Crippen MR) is 78.1 cm³/mol. The molecule has 0 aliphatic rings. The number of halogens is 1. The van der Waals surface area contributed by atoms with Crippen LogP contribution in [0.3, 0.4) is 0 Å². The molecule has 4 heteroatoms. The van der Waals surface area contributed by atoms with Gasteiger partial charge in [-0.25, -0.2) is 0 Å². The minimum atomic E-state index is 0.00368. The molecule has 1 aromatic carbocycles. The molecule has 0 radical (unpaired) electrons. The van der Waals surface area contributed by atoms with Gasteiger partial charge in [-0.1, -0.05) is 41.9 Å². The minimum absolute atomic E-state index is 0.00368. The molecule has 0 atom stereocenters. The average molecular weight is 316 g/mol. The fraction of sp³-hybridized carbons (Fsp3) is 0.462. The first-order valence-electron chi connectivity index (χ1n) is 5.47. The zero-order valence-corrected chi connectivity index (χ0v) is 12.8. The van der Waals surface area contributed by atoms with Crippen LogP contribution in [-0.2, 0) is 0 Å². The molecule has 0 spiro atoms. The molecular weight excluding hydrogens is 298 g/mol. The molecule has 0 aliphatic carbocycles. The van der Waals surface area contributed by atoms with Crippen molar-refractivity contribution in [1.82, 2.24) is 5.32 Å². The first-order valence-corrected chi connectivity index (χ1v) is 7.82. The lowest BCUT2D eigenvalue weighted by Gasteiger charge is -2.22. The van der Waals surface area contributed by atoms with E-state index in [0.29, 0.717) is 6.54 Å². The van der Waals surface area contributed by atoms with Crippen molar-refractivity contribution in [1.29, 1.82) is 0 Å². The number of alkyl halides is 1. The number of thioether (sulfide) groups is 1. The maximum Gasteiger partial charge on any atom is 0.252 e. The van der Waals surface area contributed by atoms with Crippen LogP contribution in [0.2, 0.25) is 0 Å². The van der Waals surface area contributed by atoms with Crippen LogP contribution in [-0.4, -0.2) is 24.0 Å². The van der Waals surface area contributed by atoms with Crippen LogP contribution in [0, 0.1) is 5.41 Å². The van der Waals surface area contributed by atoms with E-state index in [1.807, 2.05) is 30.5 Å². The highest BCUT2D eigenvalue weighted by atomic mass is 79.9. The number of hydrogen-bond donors (Lipinski definition) is 1. The summed E-state index contributed by atoms with van der Waals surface area (Å²) >= 11 is 5.04. The molecular formula is C13H18BrNOS. The summed E-state index contributed by atoms with van der Waals surface area (Å²) in [5.74, 6) is 0.00368. The van der Waals surface area contributed by atoms with Gasteiger partial charge in [-0.2, -0.15) is 0 Å². The zero-order chi connectivity index (χ0) is 12.9. The summed E-state index contributed by atoms with van der Waals surface area (Å²) in [5, 5.41) is 3.85. The molecule has 0 fully saturated rings. The summed E-state index contributed by atoms with van der Waals surface area (Å²) in [6, 6.07) is 7.67. The third-order valence-corrected chi connectivity index (χ3v) is 4.75. The van der Waals surface area contributed by atoms with E-state index < -0.39 is 0 Å². The van der Waals surface area contributed by atoms with Crippen LogP contribution in [0.5, 0.6) is 0 Å². The Morgan fingerprint density at radius 2 is 2.06 bits per heavy atom. The molecule has 0 bridgehead atoms. The average Bonchev–Trinajstić information content (AvgIpc) is 2.36. The molecule has 0 saturated heterocycles. The molecule has 1 N–H and O–H groups in total. The van der Waals surface area contributed by atoms with Gasteiger partial charge in [0.05, 0.1) is 5.56 Å². The molecule has 0 unspecified atom stereocenters. The number of rotatable bonds is 5. The van der Waals surface area contributed by atoms with Crippen molar-refractivity contribution >= 4 is 33.6 Å².